The van der Waals surface area contributed by atoms with Gasteiger partial charge in [-0.2, -0.15) is 0 Å². The van der Waals surface area contributed by atoms with E-state index in [2.05, 4.69) is 29.2 Å². The first-order chi connectivity index (χ1) is 6.42. The van der Waals surface area contributed by atoms with Crippen molar-refractivity contribution in [1.82, 2.24) is 4.90 Å². The molecular formula is C11H13NO. The zero-order valence-electron chi connectivity index (χ0n) is 7.57. The predicted molar refractivity (Wildman–Crippen MR) is 50.3 cm³/mol. The van der Waals surface area contributed by atoms with Crippen molar-refractivity contribution in [3.63, 3.8) is 0 Å². The Bertz CT molecular complexity index is 295. The van der Waals surface area contributed by atoms with Crippen molar-refractivity contribution in [2.24, 2.45) is 0 Å². The molecule has 1 atom stereocenters. The van der Waals surface area contributed by atoms with Gasteiger partial charge in [0.25, 0.3) is 0 Å². The van der Waals surface area contributed by atoms with Crippen LogP contribution < -0.4 is 0 Å². The Balaban J connectivity index is 1.73. The number of rotatable bonds is 2. The molecule has 1 saturated heterocycles. The molecule has 0 saturated carbocycles. The van der Waals surface area contributed by atoms with Crippen molar-refractivity contribution in [2.45, 2.75) is 19.2 Å². The lowest BCUT2D eigenvalue weighted by Gasteiger charge is -2.11. The van der Waals surface area contributed by atoms with Gasteiger partial charge in [-0.1, -0.05) is 24.3 Å². The van der Waals surface area contributed by atoms with Crippen LogP contribution in [-0.4, -0.2) is 24.2 Å². The summed E-state index contributed by atoms with van der Waals surface area (Å²) in [4.78, 5) is 2.46. The van der Waals surface area contributed by atoms with E-state index in [9.17, 15) is 0 Å². The van der Waals surface area contributed by atoms with E-state index in [1.54, 1.807) is 0 Å². The van der Waals surface area contributed by atoms with Crippen LogP contribution in [0.3, 0.4) is 0 Å². The van der Waals surface area contributed by atoms with Crippen molar-refractivity contribution < 1.29 is 4.74 Å². The molecule has 68 valence electrons. The molecule has 0 radical (unpaired) electrons. The lowest BCUT2D eigenvalue weighted by molar-refractivity contribution is 0.248. The number of benzene rings is 1. The minimum absolute atomic E-state index is 0.523. The Kier molecular flexibility index (Phi) is 1.64. The molecule has 1 aromatic rings. The Morgan fingerprint density at radius 1 is 1.23 bits per heavy atom. The monoisotopic (exact) mass is 175 g/mol. The van der Waals surface area contributed by atoms with Gasteiger partial charge in [0.2, 0.25) is 0 Å². The maximum absolute atomic E-state index is 5.23. The number of fused-ring (bicyclic) bond motifs is 1. The van der Waals surface area contributed by atoms with Crippen LogP contribution in [0, 0.1) is 0 Å². The van der Waals surface area contributed by atoms with E-state index >= 15 is 0 Å². The molecule has 2 heteroatoms. The first kappa shape index (κ1) is 7.54. The number of hydrogen-bond donors (Lipinski definition) is 0. The van der Waals surface area contributed by atoms with Gasteiger partial charge in [0.05, 0.1) is 12.7 Å². The fourth-order valence-corrected chi connectivity index (χ4v) is 1.99. The molecule has 1 aromatic carbocycles. The fraction of sp³-hybridized carbons (Fsp3) is 0.455. The average Bonchev–Trinajstić information content (AvgIpc) is 2.85. The lowest BCUT2D eigenvalue weighted by atomic mass is 10.1. The molecule has 2 nitrogen and oxygen atoms in total. The first-order valence-corrected chi connectivity index (χ1v) is 4.82. The second-order valence-electron chi connectivity index (χ2n) is 3.89. The molecule has 13 heavy (non-hydrogen) atoms. The number of hydrogen-bond acceptors (Lipinski definition) is 2. The van der Waals surface area contributed by atoms with Crippen LogP contribution in [0.2, 0.25) is 0 Å². The topological polar surface area (TPSA) is 15.8 Å². The van der Waals surface area contributed by atoms with Gasteiger partial charge >= 0.3 is 0 Å². The molecule has 1 fully saturated rings. The molecule has 0 N–H and O–H groups in total. The Morgan fingerprint density at radius 3 is 2.38 bits per heavy atom. The van der Waals surface area contributed by atoms with E-state index in [4.69, 9.17) is 4.74 Å². The molecule has 2 aliphatic heterocycles. The van der Waals surface area contributed by atoms with Crippen LogP contribution in [0.15, 0.2) is 24.3 Å². The van der Waals surface area contributed by atoms with E-state index in [0.29, 0.717) is 6.10 Å². The van der Waals surface area contributed by atoms with Gasteiger partial charge in [-0.25, -0.2) is 0 Å². The molecule has 0 amide bonds. The summed E-state index contributed by atoms with van der Waals surface area (Å²) >= 11 is 0. The van der Waals surface area contributed by atoms with Crippen LogP contribution in [0.1, 0.15) is 11.1 Å². The highest BCUT2D eigenvalue weighted by Gasteiger charge is 2.28. The Morgan fingerprint density at radius 2 is 1.85 bits per heavy atom. The zero-order chi connectivity index (χ0) is 8.67. The Labute approximate surface area is 78.1 Å². The maximum Gasteiger partial charge on any atom is 0.0936 e. The van der Waals surface area contributed by atoms with E-state index in [1.165, 1.54) is 11.1 Å². The van der Waals surface area contributed by atoms with E-state index in [0.717, 1.165) is 26.2 Å². The fourth-order valence-electron chi connectivity index (χ4n) is 1.99. The third-order valence-corrected chi connectivity index (χ3v) is 2.77. The third kappa shape index (κ3) is 1.47. The Hall–Kier alpha value is -0.860. The summed E-state index contributed by atoms with van der Waals surface area (Å²) in [7, 11) is 0. The average molecular weight is 175 g/mol. The molecule has 1 unspecified atom stereocenters. The van der Waals surface area contributed by atoms with Crippen molar-refractivity contribution in [2.75, 3.05) is 13.2 Å². The number of nitrogens with zero attached hydrogens (tertiary/aromatic N) is 1. The molecule has 0 aliphatic carbocycles. The summed E-state index contributed by atoms with van der Waals surface area (Å²) < 4.78 is 5.23. The first-order valence-electron chi connectivity index (χ1n) is 4.82. The molecule has 0 aromatic heterocycles. The largest absolute Gasteiger partial charge is 0.372 e. The summed E-state index contributed by atoms with van der Waals surface area (Å²) in [5, 5.41) is 0. The highest BCUT2D eigenvalue weighted by atomic mass is 16.6. The molecule has 2 heterocycles. The maximum atomic E-state index is 5.23. The van der Waals surface area contributed by atoms with E-state index in [-0.39, 0.29) is 0 Å². The minimum Gasteiger partial charge on any atom is -0.372 e. The smallest absolute Gasteiger partial charge is 0.0936 e. The number of epoxide rings is 1. The van der Waals surface area contributed by atoms with Gasteiger partial charge in [-0.15, -0.1) is 0 Å². The molecule has 0 bridgehead atoms. The number of ether oxygens (including phenoxy) is 1. The highest BCUT2D eigenvalue weighted by molar-refractivity contribution is 5.30. The molecule has 0 spiro atoms. The van der Waals surface area contributed by atoms with Crippen LogP contribution in [0.5, 0.6) is 0 Å². The summed E-state index contributed by atoms with van der Waals surface area (Å²) in [5.74, 6) is 0. The second kappa shape index (κ2) is 2.82. The van der Waals surface area contributed by atoms with Gasteiger partial charge in [0.1, 0.15) is 0 Å². The van der Waals surface area contributed by atoms with Crippen LogP contribution in [0.4, 0.5) is 0 Å². The van der Waals surface area contributed by atoms with Crippen LogP contribution >= 0.6 is 0 Å². The van der Waals surface area contributed by atoms with Crippen molar-refractivity contribution in [3.05, 3.63) is 35.4 Å². The summed E-state index contributed by atoms with van der Waals surface area (Å²) in [6, 6.07) is 8.69. The SMILES string of the molecule is c1ccc2c(c1)CN(CC1CO1)C2. The van der Waals surface area contributed by atoms with E-state index < -0.39 is 0 Å². The van der Waals surface area contributed by atoms with Gasteiger partial charge in [-0.3, -0.25) is 4.90 Å². The second-order valence-corrected chi connectivity index (χ2v) is 3.89. The quantitative estimate of drug-likeness (QED) is 0.631. The van der Waals surface area contributed by atoms with Crippen molar-refractivity contribution in [1.29, 1.82) is 0 Å². The van der Waals surface area contributed by atoms with Crippen LogP contribution in [-0.2, 0) is 17.8 Å². The summed E-state index contributed by atoms with van der Waals surface area (Å²) in [6.45, 7) is 4.29. The standard InChI is InChI=1S/C11H13NO/c1-2-4-10-6-12(5-9(10)3-1)7-11-8-13-11/h1-4,11H,5-8H2. The molecular weight excluding hydrogens is 162 g/mol. The molecule has 2 aliphatic rings. The summed E-state index contributed by atoms with van der Waals surface area (Å²) in [5.41, 5.74) is 2.98. The third-order valence-electron chi connectivity index (χ3n) is 2.77. The zero-order valence-corrected chi connectivity index (χ0v) is 7.57. The lowest BCUT2D eigenvalue weighted by Crippen LogP contribution is -2.21. The van der Waals surface area contributed by atoms with Crippen molar-refractivity contribution in [3.8, 4) is 0 Å². The predicted octanol–water partition coefficient (Wildman–Crippen LogP) is 1.40. The molecule has 3 rings (SSSR count). The van der Waals surface area contributed by atoms with Crippen molar-refractivity contribution >= 4 is 0 Å². The van der Waals surface area contributed by atoms with Gasteiger partial charge < -0.3 is 4.74 Å². The van der Waals surface area contributed by atoms with Gasteiger partial charge in [-0.05, 0) is 11.1 Å². The highest BCUT2D eigenvalue weighted by Crippen LogP contribution is 2.24. The van der Waals surface area contributed by atoms with Gasteiger partial charge in [0, 0.05) is 19.6 Å². The summed E-state index contributed by atoms with van der Waals surface area (Å²) in [6.07, 6.45) is 0.523. The van der Waals surface area contributed by atoms with Crippen LogP contribution in [0.25, 0.3) is 0 Å². The minimum atomic E-state index is 0.523. The van der Waals surface area contributed by atoms with Gasteiger partial charge in [0.15, 0.2) is 0 Å². The van der Waals surface area contributed by atoms with E-state index in [1.807, 2.05) is 0 Å². The normalized spacial score (nSPS) is 26.0.